The minimum atomic E-state index is -1.09. The van der Waals surface area contributed by atoms with Gasteiger partial charge < -0.3 is 20.5 Å². The Hall–Kier alpha value is -1.63. The van der Waals surface area contributed by atoms with Crippen molar-refractivity contribution in [3.8, 4) is 0 Å². The molecule has 22 heavy (non-hydrogen) atoms. The van der Waals surface area contributed by atoms with E-state index in [1.165, 1.54) is 6.92 Å². The molecule has 0 aromatic carbocycles. The summed E-state index contributed by atoms with van der Waals surface area (Å²) in [6.07, 6.45) is -0.276. The maximum atomic E-state index is 12.0. The van der Waals surface area contributed by atoms with Crippen LogP contribution in [0.25, 0.3) is 0 Å². The monoisotopic (exact) mass is 316 g/mol. The van der Waals surface area contributed by atoms with E-state index in [2.05, 4.69) is 5.32 Å². The summed E-state index contributed by atoms with van der Waals surface area (Å²) in [6, 6.07) is -1.87. The molecule has 1 amide bonds. The van der Waals surface area contributed by atoms with Crippen molar-refractivity contribution in [2.75, 3.05) is 13.2 Å². The standard InChI is InChI=1S/C15H28N2O5/c1-9(2)7-21-13(18)6-12(17-14(19)11(5)16)15(20)22-8-10(3)4/h9-12H,6-8,16H2,1-5H3,(H,17,19)/t11-,12+/m1/s1. The van der Waals surface area contributed by atoms with Crippen molar-refractivity contribution in [3.63, 3.8) is 0 Å². The fourth-order valence-corrected chi connectivity index (χ4v) is 1.33. The second-order valence-electron chi connectivity index (χ2n) is 6.15. The highest BCUT2D eigenvalue weighted by atomic mass is 16.5. The summed E-state index contributed by atoms with van der Waals surface area (Å²) in [5.41, 5.74) is 5.46. The maximum Gasteiger partial charge on any atom is 0.329 e. The second-order valence-corrected chi connectivity index (χ2v) is 6.15. The molecule has 0 spiro atoms. The smallest absolute Gasteiger partial charge is 0.329 e. The predicted molar refractivity (Wildman–Crippen MR) is 81.8 cm³/mol. The van der Waals surface area contributed by atoms with Crippen molar-refractivity contribution in [1.29, 1.82) is 0 Å². The first kappa shape index (κ1) is 20.4. The average molecular weight is 316 g/mol. The van der Waals surface area contributed by atoms with Crippen LogP contribution >= 0.6 is 0 Å². The number of hydrogen-bond acceptors (Lipinski definition) is 6. The molecule has 0 aromatic heterocycles. The molecule has 3 N–H and O–H groups in total. The molecule has 2 atom stereocenters. The van der Waals surface area contributed by atoms with Gasteiger partial charge in [-0.05, 0) is 18.8 Å². The second kappa shape index (κ2) is 10.2. The Morgan fingerprint density at radius 3 is 1.91 bits per heavy atom. The zero-order chi connectivity index (χ0) is 17.3. The molecule has 7 nitrogen and oxygen atoms in total. The van der Waals surface area contributed by atoms with E-state index < -0.39 is 29.9 Å². The lowest BCUT2D eigenvalue weighted by molar-refractivity contribution is -0.154. The summed E-state index contributed by atoms with van der Waals surface area (Å²) in [5.74, 6) is -1.41. The predicted octanol–water partition coefficient (Wildman–Crippen LogP) is 0.607. The van der Waals surface area contributed by atoms with E-state index in [4.69, 9.17) is 15.2 Å². The van der Waals surface area contributed by atoms with Gasteiger partial charge in [-0.15, -0.1) is 0 Å². The van der Waals surface area contributed by atoms with Gasteiger partial charge in [0.2, 0.25) is 5.91 Å². The Morgan fingerprint density at radius 2 is 1.45 bits per heavy atom. The van der Waals surface area contributed by atoms with Gasteiger partial charge in [-0.3, -0.25) is 9.59 Å². The molecule has 0 heterocycles. The Balaban J connectivity index is 4.67. The third kappa shape index (κ3) is 9.33. The highest BCUT2D eigenvalue weighted by Crippen LogP contribution is 2.03. The number of carbonyl (C=O) groups is 3. The van der Waals surface area contributed by atoms with Crippen LogP contribution in [-0.4, -0.2) is 43.1 Å². The molecule has 0 aliphatic carbocycles. The van der Waals surface area contributed by atoms with Crippen molar-refractivity contribution < 1.29 is 23.9 Å². The molecule has 0 aliphatic heterocycles. The average Bonchev–Trinajstić information content (AvgIpc) is 2.41. The van der Waals surface area contributed by atoms with Gasteiger partial charge in [0, 0.05) is 0 Å². The molecule has 0 rings (SSSR count). The van der Waals surface area contributed by atoms with Gasteiger partial charge in [-0.25, -0.2) is 4.79 Å². The molecular formula is C15H28N2O5. The largest absolute Gasteiger partial charge is 0.465 e. The van der Waals surface area contributed by atoms with E-state index in [9.17, 15) is 14.4 Å². The van der Waals surface area contributed by atoms with Crippen LogP contribution in [-0.2, 0) is 23.9 Å². The van der Waals surface area contributed by atoms with Crippen LogP contribution in [0.1, 0.15) is 41.0 Å². The minimum absolute atomic E-state index is 0.154. The molecule has 7 heteroatoms. The summed E-state index contributed by atoms with van der Waals surface area (Å²) in [6.45, 7) is 9.54. The van der Waals surface area contributed by atoms with E-state index in [1.807, 2.05) is 27.7 Å². The van der Waals surface area contributed by atoms with E-state index in [-0.39, 0.29) is 31.5 Å². The van der Waals surface area contributed by atoms with Crippen molar-refractivity contribution in [1.82, 2.24) is 5.32 Å². The number of carbonyl (C=O) groups excluding carboxylic acids is 3. The Bertz CT molecular complexity index is 380. The summed E-state index contributed by atoms with van der Waals surface area (Å²) in [5, 5.41) is 2.42. The maximum absolute atomic E-state index is 12.0. The van der Waals surface area contributed by atoms with Crippen molar-refractivity contribution >= 4 is 17.8 Å². The fraction of sp³-hybridized carbons (Fsp3) is 0.800. The van der Waals surface area contributed by atoms with Gasteiger partial charge in [0.1, 0.15) is 6.04 Å². The quantitative estimate of drug-likeness (QED) is 0.603. The number of ether oxygens (including phenoxy) is 2. The topological polar surface area (TPSA) is 108 Å². The van der Waals surface area contributed by atoms with Crippen LogP contribution in [0.3, 0.4) is 0 Å². The van der Waals surface area contributed by atoms with Gasteiger partial charge >= 0.3 is 11.9 Å². The van der Waals surface area contributed by atoms with Crippen LogP contribution < -0.4 is 11.1 Å². The molecule has 128 valence electrons. The first-order chi connectivity index (χ1) is 10.1. The Labute approximate surface area is 131 Å². The van der Waals surface area contributed by atoms with E-state index in [0.29, 0.717) is 0 Å². The van der Waals surface area contributed by atoms with Crippen LogP contribution in [0, 0.1) is 11.8 Å². The van der Waals surface area contributed by atoms with Crippen molar-refractivity contribution in [3.05, 3.63) is 0 Å². The summed E-state index contributed by atoms with van der Waals surface area (Å²) < 4.78 is 10.1. The SMILES string of the molecule is CC(C)COC(=O)C[C@H](NC(=O)[C@@H](C)N)C(=O)OCC(C)C. The fourth-order valence-electron chi connectivity index (χ4n) is 1.33. The summed E-state index contributed by atoms with van der Waals surface area (Å²) >= 11 is 0. The number of rotatable bonds is 9. The first-order valence-electron chi connectivity index (χ1n) is 7.51. The van der Waals surface area contributed by atoms with Crippen LogP contribution in [0.15, 0.2) is 0 Å². The molecular weight excluding hydrogens is 288 g/mol. The van der Waals surface area contributed by atoms with Gasteiger partial charge in [0.05, 0.1) is 25.7 Å². The van der Waals surface area contributed by atoms with Crippen molar-refractivity contribution in [2.24, 2.45) is 17.6 Å². The van der Waals surface area contributed by atoms with E-state index >= 15 is 0 Å². The molecule has 0 fully saturated rings. The Morgan fingerprint density at radius 1 is 0.955 bits per heavy atom. The normalized spacial score (nSPS) is 13.6. The first-order valence-corrected chi connectivity index (χ1v) is 7.51. The number of hydrogen-bond donors (Lipinski definition) is 2. The summed E-state index contributed by atoms with van der Waals surface area (Å²) in [4.78, 5) is 35.4. The Kier molecular flexibility index (Phi) is 9.40. The van der Waals surface area contributed by atoms with Crippen LogP contribution in [0.2, 0.25) is 0 Å². The van der Waals surface area contributed by atoms with E-state index in [1.54, 1.807) is 0 Å². The van der Waals surface area contributed by atoms with Crippen LogP contribution in [0.5, 0.6) is 0 Å². The number of nitrogens with two attached hydrogens (primary N) is 1. The molecule has 0 unspecified atom stereocenters. The van der Waals surface area contributed by atoms with Gasteiger partial charge in [-0.2, -0.15) is 0 Å². The van der Waals surface area contributed by atoms with Gasteiger partial charge in [0.15, 0.2) is 0 Å². The molecule has 0 bridgehead atoms. The lowest BCUT2D eigenvalue weighted by Crippen LogP contribution is -2.49. The highest BCUT2D eigenvalue weighted by molar-refractivity contribution is 5.89. The lowest BCUT2D eigenvalue weighted by atomic mass is 10.2. The molecule has 0 radical (unpaired) electrons. The molecule has 0 aromatic rings. The third-order valence-electron chi connectivity index (χ3n) is 2.52. The molecule has 0 saturated heterocycles. The molecule has 0 saturated carbocycles. The zero-order valence-electron chi connectivity index (χ0n) is 14.0. The number of esters is 2. The van der Waals surface area contributed by atoms with Gasteiger partial charge in [0.25, 0.3) is 0 Å². The minimum Gasteiger partial charge on any atom is -0.465 e. The summed E-state index contributed by atoms with van der Waals surface area (Å²) in [7, 11) is 0. The van der Waals surface area contributed by atoms with Crippen LogP contribution in [0.4, 0.5) is 0 Å². The van der Waals surface area contributed by atoms with Crippen molar-refractivity contribution in [2.45, 2.75) is 53.1 Å². The highest BCUT2D eigenvalue weighted by Gasteiger charge is 2.27. The zero-order valence-corrected chi connectivity index (χ0v) is 14.0. The third-order valence-corrected chi connectivity index (χ3v) is 2.52. The number of nitrogens with one attached hydrogen (secondary N) is 1. The lowest BCUT2D eigenvalue weighted by Gasteiger charge is -2.19. The van der Waals surface area contributed by atoms with E-state index in [0.717, 1.165) is 0 Å². The van der Waals surface area contributed by atoms with Gasteiger partial charge in [-0.1, -0.05) is 27.7 Å². The molecule has 0 aliphatic rings. The number of amides is 1.